The van der Waals surface area contributed by atoms with Gasteiger partial charge in [-0.1, -0.05) is 12.1 Å². The number of halogens is 6. The molecule has 0 aliphatic rings. The zero-order chi connectivity index (χ0) is 25.1. The van der Waals surface area contributed by atoms with Gasteiger partial charge < -0.3 is 25.4 Å². The Morgan fingerprint density at radius 3 is 1.59 bits per heavy atom. The number of rotatable bonds is 5. The molecule has 13 heteroatoms. The van der Waals surface area contributed by atoms with Crippen LogP contribution in [0.15, 0.2) is 66.7 Å². The van der Waals surface area contributed by atoms with E-state index in [1.807, 2.05) is 5.32 Å². The van der Waals surface area contributed by atoms with E-state index in [2.05, 4.69) is 5.32 Å². The zero-order valence-electron chi connectivity index (χ0n) is 16.9. The number of benzene rings is 3. The molecule has 0 saturated carbocycles. The average Bonchev–Trinajstić information content (AvgIpc) is 2.74. The lowest BCUT2D eigenvalue weighted by molar-refractivity contribution is -0.143. The summed E-state index contributed by atoms with van der Waals surface area (Å²) in [5, 5.41) is 22.4. The van der Waals surface area contributed by atoms with E-state index < -0.39 is 42.3 Å². The summed E-state index contributed by atoms with van der Waals surface area (Å²) in [6.07, 6.45) is -10.1. The van der Waals surface area contributed by atoms with Gasteiger partial charge >= 0.3 is 25.5 Å². The number of anilines is 2. The van der Waals surface area contributed by atoms with Gasteiger partial charge in [0, 0.05) is 11.4 Å². The molecule has 0 radical (unpaired) electrons. The van der Waals surface area contributed by atoms with Gasteiger partial charge in [-0.3, -0.25) is 0 Å². The summed E-state index contributed by atoms with van der Waals surface area (Å²) >= 11 is 0. The van der Waals surface area contributed by atoms with E-state index in [1.165, 1.54) is 48.5 Å². The molecule has 178 valence electrons. The van der Waals surface area contributed by atoms with Crippen LogP contribution < -0.4 is 20.8 Å². The summed E-state index contributed by atoms with van der Waals surface area (Å²) in [6, 6.07) is 11.3. The molecule has 3 aromatic carbocycles. The topological polar surface area (TPSA) is 90.8 Å². The molecule has 6 nitrogen and oxygen atoms in total. The quantitative estimate of drug-likeness (QED) is 0.308. The number of alkyl halides is 6. The Bertz CT molecular complexity index is 1120. The van der Waals surface area contributed by atoms with Crippen molar-refractivity contribution >= 4 is 30.0 Å². The standard InChI is InChI=1S/C21H15BF6N2O4/c23-20(24,25)12-9-13(21(26,27)28)11-16(10-12)30-19(31)29-15-3-7-18(8-4-15)34-17-5-1-14(2-6-17)22(32)33/h1-11,32-33H,(H2,29,30,31). The zero-order valence-corrected chi connectivity index (χ0v) is 16.9. The summed E-state index contributed by atoms with van der Waals surface area (Å²) in [4.78, 5) is 12.1. The van der Waals surface area contributed by atoms with Gasteiger partial charge in [-0.2, -0.15) is 26.3 Å². The van der Waals surface area contributed by atoms with Gasteiger partial charge in [-0.05, 0) is 60.1 Å². The molecule has 3 aromatic rings. The fourth-order valence-corrected chi connectivity index (χ4v) is 2.77. The SMILES string of the molecule is O=C(Nc1ccc(Oc2ccc(B(O)O)cc2)cc1)Nc1cc(C(F)(F)F)cc(C(F)(F)F)c1. The van der Waals surface area contributed by atoms with Gasteiger partial charge in [0.05, 0.1) is 11.1 Å². The van der Waals surface area contributed by atoms with Crippen molar-refractivity contribution in [1.82, 2.24) is 0 Å². The van der Waals surface area contributed by atoms with Crippen LogP contribution in [0, 0.1) is 0 Å². The molecule has 0 aliphatic carbocycles. The van der Waals surface area contributed by atoms with Crippen LogP contribution in [0.1, 0.15) is 11.1 Å². The monoisotopic (exact) mass is 484 g/mol. The molecule has 0 saturated heterocycles. The lowest BCUT2D eigenvalue weighted by Gasteiger charge is -2.15. The van der Waals surface area contributed by atoms with Crippen molar-refractivity contribution in [2.24, 2.45) is 0 Å². The van der Waals surface area contributed by atoms with Crippen LogP contribution in [0.3, 0.4) is 0 Å². The van der Waals surface area contributed by atoms with Gasteiger partial charge in [0.1, 0.15) is 11.5 Å². The molecular weight excluding hydrogens is 469 g/mol. The highest BCUT2D eigenvalue weighted by molar-refractivity contribution is 6.58. The third-order valence-electron chi connectivity index (χ3n) is 4.37. The second-order valence-corrected chi connectivity index (χ2v) is 6.94. The lowest BCUT2D eigenvalue weighted by Crippen LogP contribution is -2.29. The number of hydrogen-bond acceptors (Lipinski definition) is 4. The van der Waals surface area contributed by atoms with Crippen LogP contribution in [0.4, 0.5) is 42.5 Å². The first kappa shape index (κ1) is 24.9. The van der Waals surface area contributed by atoms with Crippen molar-refractivity contribution in [2.75, 3.05) is 10.6 Å². The van der Waals surface area contributed by atoms with Crippen molar-refractivity contribution in [3.63, 3.8) is 0 Å². The number of hydrogen-bond donors (Lipinski definition) is 4. The summed E-state index contributed by atoms with van der Waals surface area (Å²) in [7, 11) is -1.62. The van der Waals surface area contributed by atoms with Crippen molar-refractivity contribution in [3.8, 4) is 11.5 Å². The van der Waals surface area contributed by atoms with Crippen molar-refractivity contribution in [3.05, 3.63) is 77.9 Å². The number of urea groups is 1. The molecule has 2 amide bonds. The predicted molar refractivity (Wildman–Crippen MR) is 112 cm³/mol. The Labute approximate surface area is 188 Å². The molecule has 0 spiro atoms. The van der Waals surface area contributed by atoms with Crippen LogP contribution in [0.2, 0.25) is 0 Å². The van der Waals surface area contributed by atoms with Crippen molar-refractivity contribution < 1.29 is 45.9 Å². The van der Waals surface area contributed by atoms with Gasteiger partial charge in [0.15, 0.2) is 0 Å². The van der Waals surface area contributed by atoms with Gasteiger partial charge in [0.2, 0.25) is 0 Å². The fraction of sp³-hybridized carbons (Fsp3) is 0.0952. The molecule has 34 heavy (non-hydrogen) atoms. The first-order valence-corrected chi connectivity index (χ1v) is 9.43. The van der Waals surface area contributed by atoms with Gasteiger partial charge in [0.25, 0.3) is 0 Å². The molecule has 0 bridgehead atoms. The van der Waals surface area contributed by atoms with Gasteiger partial charge in [-0.25, -0.2) is 4.79 Å². The highest BCUT2D eigenvalue weighted by atomic mass is 19.4. The number of amides is 2. The van der Waals surface area contributed by atoms with Crippen molar-refractivity contribution in [2.45, 2.75) is 12.4 Å². The summed E-state index contributed by atoms with van der Waals surface area (Å²) in [6.45, 7) is 0. The number of carbonyl (C=O) groups is 1. The fourth-order valence-electron chi connectivity index (χ4n) is 2.77. The van der Waals surface area contributed by atoms with E-state index in [0.29, 0.717) is 23.6 Å². The van der Waals surface area contributed by atoms with Gasteiger partial charge in [-0.15, -0.1) is 0 Å². The average molecular weight is 484 g/mol. The highest BCUT2D eigenvalue weighted by Gasteiger charge is 2.37. The summed E-state index contributed by atoms with van der Waals surface area (Å²) in [5.74, 6) is 0.726. The maximum atomic E-state index is 12.9. The minimum Gasteiger partial charge on any atom is -0.457 e. The molecule has 3 rings (SSSR count). The predicted octanol–water partition coefficient (Wildman–Crippen LogP) is 4.84. The third-order valence-corrected chi connectivity index (χ3v) is 4.37. The number of ether oxygens (including phenoxy) is 1. The minimum absolute atomic E-state index is 0.0404. The Hall–Kier alpha value is -3.71. The van der Waals surface area contributed by atoms with Crippen molar-refractivity contribution in [1.29, 1.82) is 0 Å². The minimum atomic E-state index is -5.04. The Morgan fingerprint density at radius 2 is 1.15 bits per heavy atom. The largest absolute Gasteiger partial charge is 0.488 e. The molecular formula is C21H15BF6N2O4. The van der Waals surface area contributed by atoms with E-state index in [-0.39, 0.29) is 17.2 Å². The first-order valence-electron chi connectivity index (χ1n) is 9.43. The maximum Gasteiger partial charge on any atom is 0.488 e. The van der Waals surface area contributed by atoms with E-state index in [1.54, 1.807) is 0 Å². The third kappa shape index (κ3) is 6.65. The number of carbonyl (C=O) groups excluding carboxylic acids is 1. The Kier molecular flexibility index (Phi) is 7.08. The molecule has 0 fully saturated rings. The number of nitrogens with one attached hydrogen (secondary N) is 2. The summed E-state index contributed by atoms with van der Waals surface area (Å²) < 4.78 is 83.2. The van der Waals surface area contributed by atoms with Crippen LogP contribution in [0.25, 0.3) is 0 Å². The maximum absolute atomic E-state index is 12.9. The molecule has 0 unspecified atom stereocenters. The Balaban J connectivity index is 1.67. The normalized spacial score (nSPS) is 11.6. The van der Waals surface area contributed by atoms with E-state index >= 15 is 0 Å². The molecule has 0 heterocycles. The van der Waals surface area contributed by atoms with Crippen LogP contribution >= 0.6 is 0 Å². The summed E-state index contributed by atoms with van der Waals surface area (Å²) in [5.41, 5.74) is -3.34. The Morgan fingerprint density at radius 1 is 0.706 bits per heavy atom. The van der Waals surface area contributed by atoms with E-state index in [9.17, 15) is 31.1 Å². The second kappa shape index (κ2) is 9.65. The smallest absolute Gasteiger partial charge is 0.457 e. The molecule has 0 aromatic heterocycles. The second-order valence-electron chi connectivity index (χ2n) is 6.94. The highest BCUT2D eigenvalue weighted by Crippen LogP contribution is 2.37. The van der Waals surface area contributed by atoms with Crippen LogP contribution in [-0.4, -0.2) is 23.2 Å². The first-order chi connectivity index (χ1) is 15.8. The molecule has 4 N–H and O–H groups in total. The molecule has 0 aliphatic heterocycles. The van der Waals surface area contributed by atoms with Crippen LogP contribution in [0.5, 0.6) is 11.5 Å². The lowest BCUT2D eigenvalue weighted by atomic mass is 9.80. The molecule has 0 atom stereocenters. The van der Waals surface area contributed by atoms with E-state index in [0.717, 1.165) is 0 Å². The van der Waals surface area contributed by atoms with E-state index in [4.69, 9.17) is 14.8 Å². The van der Waals surface area contributed by atoms with Crippen LogP contribution in [-0.2, 0) is 12.4 Å².